The Hall–Kier alpha value is -1.48. The van der Waals surface area contributed by atoms with Crippen LogP contribution in [0.5, 0.6) is 0 Å². The third kappa shape index (κ3) is 3.00. The number of anilines is 1. The molecule has 1 N–H and O–H groups in total. The minimum Gasteiger partial charge on any atom is -0.255 e. The van der Waals surface area contributed by atoms with Crippen LogP contribution in [0.4, 0.5) is 5.13 Å². The van der Waals surface area contributed by atoms with Crippen LogP contribution in [0.2, 0.25) is 0 Å². The van der Waals surface area contributed by atoms with Gasteiger partial charge in [0.15, 0.2) is 5.03 Å². The zero-order valence-electron chi connectivity index (χ0n) is 12.6. The fourth-order valence-corrected chi connectivity index (χ4v) is 5.37. The average Bonchev–Trinajstić information content (AvgIpc) is 3.06. The Morgan fingerprint density at radius 2 is 2.00 bits per heavy atom. The lowest BCUT2D eigenvalue weighted by Gasteiger charge is -2.18. The van der Waals surface area contributed by atoms with Gasteiger partial charge in [-0.1, -0.05) is 30.6 Å². The van der Waals surface area contributed by atoms with Crippen molar-refractivity contribution in [2.75, 3.05) is 4.72 Å². The van der Waals surface area contributed by atoms with Gasteiger partial charge in [0, 0.05) is 18.5 Å². The third-order valence-electron chi connectivity index (χ3n) is 3.93. The van der Waals surface area contributed by atoms with E-state index < -0.39 is 10.0 Å². The summed E-state index contributed by atoms with van der Waals surface area (Å²) < 4.78 is 28.8. The predicted molar refractivity (Wildman–Crippen MR) is 84.5 cm³/mol. The summed E-state index contributed by atoms with van der Waals surface area (Å²) in [7, 11) is -2.08. The first-order valence-corrected chi connectivity index (χ1v) is 9.62. The molecule has 0 radical (unpaired) electrons. The molecule has 7 nitrogen and oxygen atoms in total. The molecular formula is C13H19N5O2S2. The van der Waals surface area contributed by atoms with E-state index in [9.17, 15) is 8.42 Å². The minimum absolute atomic E-state index is 0.155. The second-order valence-corrected chi connectivity index (χ2v) is 8.25. The summed E-state index contributed by atoms with van der Waals surface area (Å²) in [6.45, 7) is 1.72. The van der Waals surface area contributed by atoms with Crippen LogP contribution in [0.1, 0.15) is 48.6 Å². The van der Waals surface area contributed by atoms with Gasteiger partial charge >= 0.3 is 0 Å². The van der Waals surface area contributed by atoms with Gasteiger partial charge in [-0.25, -0.2) is 0 Å². The monoisotopic (exact) mass is 341 g/mol. The molecule has 120 valence electrons. The van der Waals surface area contributed by atoms with Crippen molar-refractivity contribution in [2.45, 2.75) is 50.0 Å². The summed E-state index contributed by atoms with van der Waals surface area (Å²) in [6.07, 6.45) is 7.44. The van der Waals surface area contributed by atoms with E-state index in [0.717, 1.165) is 17.8 Å². The number of aryl methyl sites for hydroxylation is 2. The molecule has 9 heteroatoms. The Bertz CT molecular complexity index is 740. The molecule has 0 spiro atoms. The summed E-state index contributed by atoms with van der Waals surface area (Å²) in [5.41, 5.74) is 0.604. The van der Waals surface area contributed by atoms with Crippen LogP contribution in [0.25, 0.3) is 0 Å². The molecular weight excluding hydrogens is 322 g/mol. The van der Waals surface area contributed by atoms with E-state index in [-0.39, 0.29) is 5.03 Å². The lowest BCUT2D eigenvalue weighted by atomic mass is 9.90. The maximum absolute atomic E-state index is 12.5. The summed E-state index contributed by atoms with van der Waals surface area (Å²) >= 11 is 1.33. The van der Waals surface area contributed by atoms with Crippen molar-refractivity contribution in [1.82, 2.24) is 20.0 Å². The maximum Gasteiger partial charge on any atom is 0.281 e. The molecule has 0 aromatic carbocycles. The van der Waals surface area contributed by atoms with Crippen LogP contribution >= 0.6 is 11.3 Å². The second kappa shape index (κ2) is 5.96. The topological polar surface area (TPSA) is 89.8 Å². The fourth-order valence-electron chi connectivity index (χ4n) is 2.88. The van der Waals surface area contributed by atoms with Crippen molar-refractivity contribution in [3.63, 3.8) is 0 Å². The third-order valence-corrected chi connectivity index (χ3v) is 6.61. The molecule has 0 unspecified atom stereocenters. The highest BCUT2D eigenvalue weighted by molar-refractivity contribution is 7.92. The molecule has 3 rings (SSSR count). The summed E-state index contributed by atoms with van der Waals surface area (Å²) in [6, 6.07) is 0. The summed E-state index contributed by atoms with van der Waals surface area (Å²) in [4.78, 5) is 0. The molecule has 0 atom stereocenters. The number of nitrogens with one attached hydrogen (secondary N) is 1. The maximum atomic E-state index is 12.5. The van der Waals surface area contributed by atoms with Crippen molar-refractivity contribution < 1.29 is 8.42 Å². The molecule has 0 bridgehead atoms. The first-order valence-electron chi connectivity index (χ1n) is 7.32. The van der Waals surface area contributed by atoms with Gasteiger partial charge in [0.05, 0.1) is 6.20 Å². The van der Waals surface area contributed by atoms with Crippen LogP contribution in [-0.2, 0) is 17.1 Å². The van der Waals surface area contributed by atoms with E-state index in [4.69, 9.17) is 0 Å². The molecule has 2 aromatic rings. The lowest BCUT2D eigenvalue weighted by Crippen LogP contribution is -2.17. The van der Waals surface area contributed by atoms with E-state index in [1.165, 1.54) is 41.5 Å². The van der Waals surface area contributed by atoms with Crippen LogP contribution in [0, 0.1) is 6.92 Å². The smallest absolute Gasteiger partial charge is 0.255 e. The Morgan fingerprint density at radius 1 is 1.27 bits per heavy atom. The molecule has 1 fully saturated rings. The quantitative estimate of drug-likeness (QED) is 0.922. The highest BCUT2D eigenvalue weighted by Gasteiger charge is 2.25. The summed E-state index contributed by atoms with van der Waals surface area (Å²) in [5.74, 6) is 0.419. The lowest BCUT2D eigenvalue weighted by molar-refractivity contribution is 0.440. The first-order chi connectivity index (χ1) is 10.5. The average molecular weight is 341 g/mol. The van der Waals surface area contributed by atoms with Crippen molar-refractivity contribution >= 4 is 26.5 Å². The van der Waals surface area contributed by atoms with E-state index in [0.29, 0.717) is 16.6 Å². The SMILES string of the molecule is Cc1cnn(C)c1S(=O)(=O)Nc1nnc(C2CCCCC2)s1. The Morgan fingerprint density at radius 3 is 2.64 bits per heavy atom. The highest BCUT2D eigenvalue weighted by atomic mass is 32.2. The zero-order valence-corrected chi connectivity index (χ0v) is 14.2. The fraction of sp³-hybridized carbons (Fsp3) is 0.615. The molecule has 22 heavy (non-hydrogen) atoms. The molecule has 0 amide bonds. The van der Waals surface area contributed by atoms with Gasteiger partial charge in [0.25, 0.3) is 10.0 Å². The highest BCUT2D eigenvalue weighted by Crippen LogP contribution is 2.35. The van der Waals surface area contributed by atoms with Crippen LogP contribution in [-0.4, -0.2) is 28.4 Å². The Kier molecular flexibility index (Phi) is 4.18. The zero-order chi connectivity index (χ0) is 15.7. The molecule has 2 heterocycles. The van der Waals surface area contributed by atoms with Gasteiger partial charge in [-0.2, -0.15) is 13.5 Å². The first kappa shape index (κ1) is 15.4. The van der Waals surface area contributed by atoms with Crippen molar-refractivity contribution in [2.24, 2.45) is 7.05 Å². The molecule has 1 aliphatic rings. The number of nitrogens with zero attached hydrogens (tertiary/aromatic N) is 4. The minimum atomic E-state index is -3.69. The van der Waals surface area contributed by atoms with E-state index >= 15 is 0 Å². The van der Waals surface area contributed by atoms with Gasteiger partial charge < -0.3 is 0 Å². The van der Waals surface area contributed by atoms with Crippen LogP contribution in [0.15, 0.2) is 11.2 Å². The largest absolute Gasteiger partial charge is 0.281 e. The number of aromatic nitrogens is 4. The van der Waals surface area contributed by atoms with Crippen LogP contribution < -0.4 is 4.72 Å². The Balaban J connectivity index is 1.80. The Labute approximate surface area is 133 Å². The van der Waals surface area contributed by atoms with Gasteiger partial charge in [0.2, 0.25) is 5.13 Å². The molecule has 1 saturated carbocycles. The molecule has 1 aliphatic carbocycles. The molecule has 0 saturated heterocycles. The van der Waals surface area contributed by atoms with Crippen molar-refractivity contribution in [3.05, 3.63) is 16.8 Å². The van der Waals surface area contributed by atoms with Crippen molar-refractivity contribution in [3.8, 4) is 0 Å². The number of rotatable bonds is 4. The predicted octanol–water partition coefficient (Wildman–Crippen LogP) is 2.43. The number of sulfonamides is 1. The van der Waals surface area contributed by atoms with Gasteiger partial charge in [-0.05, 0) is 19.8 Å². The second-order valence-electron chi connectivity index (χ2n) is 5.64. The van der Waals surface area contributed by atoms with Crippen LogP contribution in [0.3, 0.4) is 0 Å². The van der Waals surface area contributed by atoms with Gasteiger partial charge in [-0.15, -0.1) is 10.2 Å². The number of hydrogen-bond acceptors (Lipinski definition) is 6. The van der Waals surface area contributed by atoms with Gasteiger partial charge in [0.1, 0.15) is 5.01 Å². The van der Waals surface area contributed by atoms with E-state index in [1.54, 1.807) is 14.0 Å². The van der Waals surface area contributed by atoms with E-state index in [1.807, 2.05) is 0 Å². The van der Waals surface area contributed by atoms with E-state index in [2.05, 4.69) is 20.0 Å². The molecule has 2 aromatic heterocycles. The van der Waals surface area contributed by atoms with Crippen molar-refractivity contribution in [1.29, 1.82) is 0 Å². The number of hydrogen-bond donors (Lipinski definition) is 1. The summed E-state index contributed by atoms with van der Waals surface area (Å²) in [5, 5.41) is 13.5. The standard InChI is InChI=1S/C13H19N5O2S2/c1-9-8-14-18(2)12(9)22(19,20)17-13-16-15-11(21-13)10-6-4-3-5-7-10/h8,10H,3-7H2,1-2H3,(H,16,17). The van der Waals surface area contributed by atoms with Gasteiger partial charge in [-0.3, -0.25) is 9.40 Å². The molecule has 0 aliphatic heterocycles. The normalized spacial score (nSPS) is 16.8.